The molecule has 0 aromatic heterocycles. The van der Waals surface area contributed by atoms with Gasteiger partial charge < -0.3 is 20.1 Å². The van der Waals surface area contributed by atoms with Crippen molar-refractivity contribution in [2.24, 2.45) is 10.9 Å². The number of aliphatic imine (C=N–C) groups is 1. The van der Waals surface area contributed by atoms with Gasteiger partial charge in [-0.15, -0.1) is 24.0 Å². The van der Waals surface area contributed by atoms with Crippen molar-refractivity contribution >= 4 is 35.6 Å². The van der Waals surface area contributed by atoms with E-state index in [0.29, 0.717) is 12.5 Å². The van der Waals surface area contributed by atoms with Crippen molar-refractivity contribution in [2.75, 3.05) is 39.5 Å². The van der Waals surface area contributed by atoms with Crippen LogP contribution < -0.4 is 10.6 Å². The summed E-state index contributed by atoms with van der Waals surface area (Å²) in [7, 11) is 0. The number of rotatable bonds is 12. The Labute approximate surface area is 190 Å². The molecule has 29 heavy (non-hydrogen) atoms. The average Bonchev–Trinajstić information content (AvgIpc) is 3.22. The molecule has 0 amide bonds. The largest absolute Gasteiger partial charge is 0.381 e. The zero-order chi connectivity index (χ0) is 20.0. The van der Waals surface area contributed by atoms with E-state index in [-0.39, 0.29) is 29.7 Å². The highest BCUT2D eigenvalue weighted by molar-refractivity contribution is 14.0. The highest BCUT2D eigenvalue weighted by Crippen LogP contribution is 2.13. The number of unbranched alkanes of at least 4 members (excludes halogenated alkanes) is 1. The Kier molecular flexibility index (Phi) is 13.6. The quantitative estimate of drug-likeness (QED) is 0.109. The number of ether oxygens (including phenoxy) is 2. The lowest BCUT2D eigenvalue weighted by molar-refractivity contribution is -0.384. The number of halogens is 1. The van der Waals surface area contributed by atoms with Gasteiger partial charge in [0.2, 0.25) is 0 Å². The van der Waals surface area contributed by atoms with Gasteiger partial charge in [-0.1, -0.05) is 25.5 Å². The minimum Gasteiger partial charge on any atom is -0.381 e. The van der Waals surface area contributed by atoms with Crippen molar-refractivity contribution in [2.45, 2.75) is 39.2 Å². The molecule has 0 aliphatic carbocycles. The van der Waals surface area contributed by atoms with Crippen LogP contribution in [-0.4, -0.2) is 50.4 Å². The smallest absolute Gasteiger partial charge is 0.269 e. The Morgan fingerprint density at radius 1 is 1.28 bits per heavy atom. The van der Waals surface area contributed by atoms with E-state index in [2.05, 4.69) is 22.5 Å². The lowest BCUT2D eigenvalue weighted by Gasteiger charge is -2.15. The summed E-state index contributed by atoms with van der Waals surface area (Å²) in [6.45, 7) is 7.37. The van der Waals surface area contributed by atoms with Crippen LogP contribution in [0.2, 0.25) is 0 Å². The first kappa shape index (κ1) is 25.6. The van der Waals surface area contributed by atoms with Gasteiger partial charge in [0.05, 0.1) is 18.1 Å². The third-order valence-corrected chi connectivity index (χ3v) is 4.55. The summed E-state index contributed by atoms with van der Waals surface area (Å²) >= 11 is 0. The Morgan fingerprint density at radius 2 is 2.03 bits per heavy atom. The number of guanidine groups is 1. The number of nitro benzene ring substituents is 1. The van der Waals surface area contributed by atoms with Crippen molar-refractivity contribution in [3.05, 3.63) is 39.9 Å². The molecule has 164 valence electrons. The van der Waals surface area contributed by atoms with Gasteiger partial charge in [0, 0.05) is 51.0 Å². The topological polar surface area (TPSA) is 98.0 Å². The van der Waals surface area contributed by atoms with E-state index < -0.39 is 4.92 Å². The van der Waals surface area contributed by atoms with Gasteiger partial charge in [-0.2, -0.15) is 0 Å². The van der Waals surface area contributed by atoms with Gasteiger partial charge in [-0.3, -0.25) is 10.1 Å². The number of nitrogens with one attached hydrogen (secondary N) is 2. The van der Waals surface area contributed by atoms with Crippen LogP contribution in [0.1, 0.15) is 38.2 Å². The molecule has 1 saturated heterocycles. The first-order valence-corrected chi connectivity index (χ1v) is 10.1. The lowest BCUT2D eigenvalue weighted by Crippen LogP contribution is -2.40. The van der Waals surface area contributed by atoms with Crippen LogP contribution in [0, 0.1) is 16.0 Å². The van der Waals surface area contributed by atoms with Crippen molar-refractivity contribution in [3.63, 3.8) is 0 Å². The van der Waals surface area contributed by atoms with Gasteiger partial charge in [0.1, 0.15) is 0 Å². The third kappa shape index (κ3) is 10.8. The third-order valence-electron chi connectivity index (χ3n) is 4.55. The summed E-state index contributed by atoms with van der Waals surface area (Å²) in [5.41, 5.74) is 1.02. The summed E-state index contributed by atoms with van der Waals surface area (Å²) in [5, 5.41) is 17.5. The number of benzene rings is 1. The molecule has 1 atom stereocenters. The molecule has 0 bridgehead atoms. The second kappa shape index (κ2) is 15.4. The standard InChI is InChI=1S/C20H32N4O4.HI/c1-2-3-11-27-12-4-10-21-20(23-15-18-9-13-28-16-18)22-14-17-5-7-19(8-6-17)24(25)26;/h5-8,18H,2-4,9-16H2,1H3,(H2,21,22,23);1H. The fourth-order valence-electron chi connectivity index (χ4n) is 2.78. The van der Waals surface area contributed by atoms with Gasteiger partial charge in [-0.05, 0) is 24.8 Å². The summed E-state index contributed by atoms with van der Waals surface area (Å²) in [4.78, 5) is 15.0. The molecule has 2 rings (SSSR count). The van der Waals surface area contributed by atoms with Crippen molar-refractivity contribution < 1.29 is 14.4 Å². The zero-order valence-electron chi connectivity index (χ0n) is 17.1. The molecule has 8 nitrogen and oxygen atoms in total. The molecule has 1 aliphatic rings. The zero-order valence-corrected chi connectivity index (χ0v) is 19.4. The molecule has 1 aromatic carbocycles. The van der Waals surface area contributed by atoms with Crippen LogP contribution in [0.5, 0.6) is 0 Å². The molecular formula is C20H33IN4O4. The first-order valence-electron chi connectivity index (χ1n) is 10.1. The number of non-ortho nitro benzene ring substituents is 1. The summed E-state index contributed by atoms with van der Waals surface area (Å²) in [6.07, 6.45) is 4.22. The predicted octanol–water partition coefficient (Wildman–Crippen LogP) is 3.49. The van der Waals surface area contributed by atoms with E-state index in [1.54, 1.807) is 12.1 Å². The second-order valence-electron chi connectivity index (χ2n) is 6.95. The predicted molar refractivity (Wildman–Crippen MR) is 125 cm³/mol. The maximum atomic E-state index is 10.8. The number of nitrogens with zero attached hydrogens (tertiary/aromatic N) is 2. The Bertz CT molecular complexity index is 607. The van der Waals surface area contributed by atoms with Gasteiger partial charge in [-0.25, -0.2) is 4.99 Å². The molecule has 1 aliphatic heterocycles. The monoisotopic (exact) mass is 520 g/mol. The van der Waals surface area contributed by atoms with Crippen LogP contribution in [0.25, 0.3) is 0 Å². The highest BCUT2D eigenvalue weighted by atomic mass is 127. The summed E-state index contributed by atoms with van der Waals surface area (Å²) < 4.78 is 11.0. The molecule has 1 unspecified atom stereocenters. The molecule has 2 N–H and O–H groups in total. The normalized spacial score (nSPS) is 16.3. The van der Waals surface area contributed by atoms with Crippen molar-refractivity contribution in [1.29, 1.82) is 0 Å². The van der Waals surface area contributed by atoms with E-state index >= 15 is 0 Å². The molecule has 0 radical (unpaired) electrons. The Hall–Kier alpha value is -1.46. The molecule has 0 spiro atoms. The number of hydrogen-bond donors (Lipinski definition) is 2. The average molecular weight is 520 g/mol. The van der Waals surface area contributed by atoms with E-state index in [1.165, 1.54) is 12.1 Å². The molecular weight excluding hydrogens is 487 g/mol. The maximum Gasteiger partial charge on any atom is 0.269 e. The van der Waals surface area contributed by atoms with Gasteiger partial charge in [0.25, 0.3) is 5.69 Å². The lowest BCUT2D eigenvalue weighted by atomic mass is 10.1. The Balaban J connectivity index is 0.00000420. The summed E-state index contributed by atoms with van der Waals surface area (Å²) in [6, 6.07) is 6.50. The second-order valence-corrected chi connectivity index (χ2v) is 6.95. The van der Waals surface area contributed by atoms with Crippen LogP contribution in [0.4, 0.5) is 5.69 Å². The van der Waals surface area contributed by atoms with Crippen molar-refractivity contribution in [3.8, 4) is 0 Å². The maximum absolute atomic E-state index is 10.8. The molecule has 9 heteroatoms. The van der Waals surface area contributed by atoms with E-state index in [1.807, 2.05) is 0 Å². The van der Waals surface area contributed by atoms with E-state index in [0.717, 1.165) is 76.7 Å². The van der Waals surface area contributed by atoms with E-state index in [9.17, 15) is 10.1 Å². The highest BCUT2D eigenvalue weighted by Gasteiger charge is 2.15. The van der Waals surface area contributed by atoms with Crippen LogP contribution in [0.15, 0.2) is 29.3 Å². The van der Waals surface area contributed by atoms with Crippen molar-refractivity contribution in [1.82, 2.24) is 10.6 Å². The fraction of sp³-hybridized carbons (Fsp3) is 0.650. The van der Waals surface area contributed by atoms with Crippen LogP contribution in [-0.2, 0) is 16.0 Å². The first-order chi connectivity index (χ1) is 13.7. The van der Waals surface area contributed by atoms with E-state index in [4.69, 9.17) is 9.47 Å². The molecule has 0 saturated carbocycles. The molecule has 1 heterocycles. The summed E-state index contributed by atoms with van der Waals surface area (Å²) in [5.74, 6) is 1.25. The minimum atomic E-state index is -0.395. The SMILES string of the molecule is CCCCOCCCNC(=NCc1ccc([N+](=O)[O-])cc1)NCC1CCOC1.I. The minimum absolute atomic E-state index is 0. The van der Waals surface area contributed by atoms with Crippen LogP contribution in [0.3, 0.4) is 0 Å². The number of hydrogen-bond acceptors (Lipinski definition) is 5. The van der Waals surface area contributed by atoms with Gasteiger partial charge in [0.15, 0.2) is 5.96 Å². The Morgan fingerprint density at radius 3 is 2.69 bits per heavy atom. The number of nitro groups is 1. The molecule has 1 fully saturated rings. The molecule has 1 aromatic rings. The fourth-order valence-corrected chi connectivity index (χ4v) is 2.78. The van der Waals surface area contributed by atoms with Gasteiger partial charge >= 0.3 is 0 Å². The van der Waals surface area contributed by atoms with Crippen LogP contribution >= 0.6 is 24.0 Å².